The van der Waals surface area contributed by atoms with Crippen molar-refractivity contribution in [1.82, 2.24) is 14.1 Å². The lowest BCUT2D eigenvalue weighted by molar-refractivity contribution is -0.143. The number of rotatable bonds is 3. The molecule has 48 heavy (non-hydrogen) atoms. The van der Waals surface area contributed by atoms with E-state index in [0.717, 1.165) is 66.9 Å². The van der Waals surface area contributed by atoms with Crippen molar-refractivity contribution in [2.24, 2.45) is 0 Å². The molecule has 0 spiro atoms. The number of fused-ring (bicyclic) bond motifs is 6. The molecule has 8 rings (SSSR count). The maximum atomic E-state index is 14.0. The van der Waals surface area contributed by atoms with Crippen LogP contribution in [0.15, 0.2) is 115 Å². The topological polar surface area (TPSA) is 22.8 Å². The molecule has 8 aromatic rings. The third-order valence-electron chi connectivity index (χ3n) is 8.84. The zero-order chi connectivity index (χ0) is 33.5. The maximum absolute atomic E-state index is 14.0. The van der Waals surface area contributed by atoms with Crippen LogP contribution in [0.25, 0.3) is 66.4 Å². The minimum atomic E-state index is -5.00. The Morgan fingerprint density at radius 3 is 1.27 bits per heavy atom. The monoisotopic (exact) mass is 649 g/mol. The van der Waals surface area contributed by atoms with Gasteiger partial charge in [0.2, 0.25) is 0 Å². The molecule has 0 saturated heterocycles. The van der Waals surface area contributed by atoms with Gasteiger partial charge in [-0.2, -0.15) is 26.3 Å². The Morgan fingerprint density at radius 2 is 0.833 bits per heavy atom. The fourth-order valence-corrected chi connectivity index (χ4v) is 6.67. The third-order valence-corrected chi connectivity index (χ3v) is 8.84. The highest BCUT2D eigenvalue weighted by Crippen LogP contribution is 2.41. The number of pyridine rings is 1. The Hall–Kier alpha value is -5.57. The van der Waals surface area contributed by atoms with E-state index in [9.17, 15) is 26.3 Å². The second-order valence-corrected chi connectivity index (χ2v) is 12.1. The summed E-state index contributed by atoms with van der Waals surface area (Å²) in [5, 5.41) is 3.76. The molecule has 0 saturated carbocycles. The summed E-state index contributed by atoms with van der Waals surface area (Å²) in [4.78, 5) is 5.13. The number of para-hydroxylation sites is 2. The molecule has 3 heterocycles. The quantitative estimate of drug-likeness (QED) is 0.175. The van der Waals surface area contributed by atoms with Gasteiger partial charge in [-0.05, 0) is 90.7 Å². The first-order chi connectivity index (χ1) is 22.9. The van der Waals surface area contributed by atoms with Crippen molar-refractivity contribution < 1.29 is 26.3 Å². The number of nitrogens with zero attached hydrogens (tertiary/aromatic N) is 3. The first-order valence-electron chi connectivity index (χ1n) is 15.2. The minimum Gasteiger partial charge on any atom is -0.294 e. The number of hydrogen-bond acceptors (Lipinski definition) is 1. The van der Waals surface area contributed by atoms with E-state index in [2.05, 4.69) is 0 Å². The molecule has 0 amide bonds. The van der Waals surface area contributed by atoms with Crippen molar-refractivity contribution in [2.45, 2.75) is 26.2 Å². The summed E-state index contributed by atoms with van der Waals surface area (Å²) >= 11 is 0. The average molecular weight is 650 g/mol. The largest absolute Gasteiger partial charge is 0.416 e. The fraction of sp³-hybridized carbons (Fsp3) is 0.103. The lowest BCUT2D eigenvalue weighted by Crippen LogP contribution is -2.11. The van der Waals surface area contributed by atoms with Crippen LogP contribution in [-0.2, 0) is 12.4 Å². The van der Waals surface area contributed by atoms with Crippen LogP contribution in [0.3, 0.4) is 0 Å². The molecule has 3 nitrogen and oxygen atoms in total. The van der Waals surface area contributed by atoms with Crippen LogP contribution in [0.1, 0.15) is 22.3 Å². The summed E-state index contributed by atoms with van der Waals surface area (Å²) in [5.41, 5.74) is 2.34. The van der Waals surface area contributed by atoms with Crippen LogP contribution in [0.4, 0.5) is 26.3 Å². The highest BCUT2D eigenvalue weighted by molar-refractivity contribution is 6.10. The molecule has 0 atom stereocenters. The van der Waals surface area contributed by atoms with Gasteiger partial charge in [0, 0.05) is 21.5 Å². The van der Waals surface area contributed by atoms with Crippen molar-refractivity contribution in [2.75, 3.05) is 0 Å². The van der Waals surface area contributed by atoms with Crippen molar-refractivity contribution in [3.05, 3.63) is 138 Å². The molecule has 0 bridgehead atoms. The SMILES string of the molecule is Cc1ccc2c3ccccc3n(-c3cc(-c4cc(C(F)(F)F)cc(C(F)(F)F)c4)cc(-n4c5ccccc5c5ccc(C)cc54)n3)c2c1. The highest BCUT2D eigenvalue weighted by Gasteiger charge is 2.37. The van der Waals surface area contributed by atoms with Crippen LogP contribution in [0, 0.1) is 13.8 Å². The number of alkyl halides is 6. The van der Waals surface area contributed by atoms with Gasteiger partial charge in [-0.15, -0.1) is 0 Å². The number of aromatic nitrogens is 3. The van der Waals surface area contributed by atoms with Crippen LogP contribution in [0.2, 0.25) is 0 Å². The molecule has 0 aliphatic heterocycles. The zero-order valence-corrected chi connectivity index (χ0v) is 25.6. The molecular weight excluding hydrogens is 624 g/mol. The van der Waals surface area contributed by atoms with Crippen molar-refractivity contribution in [1.29, 1.82) is 0 Å². The van der Waals surface area contributed by atoms with Gasteiger partial charge in [-0.1, -0.05) is 60.7 Å². The molecule has 0 fully saturated rings. The second-order valence-electron chi connectivity index (χ2n) is 12.1. The Kier molecular flexibility index (Phi) is 6.50. The van der Waals surface area contributed by atoms with Gasteiger partial charge >= 0.3 is 12.4 Å². The van der Waals surface area contributed by atoms with Crippen LogP contribution in [0.5, 0.6) is 0 Å². The summed E-state index contributed by atoms with van der Waals surface area (Å²) in [7, 11) is 0. The molecule has 0 radical (unpaired) electrons. The lowest BCUT2D eigenvalue weighted by Gasteiger charge is -2.17. The molecule has 0 aliphatic carbocycles. The number of aryl methyl sites for hydroxylation is 2. The second kappa shape index (κ2) is 10.5. The van der Waals surface area contributed by atoms with Gasteiger partial charge in [0.25, 0.3) is 0 Å². The standard InChI is InChI=1S/C39H25F6N3/c1-22-11-13-30-28-7-3-5-9-32(28)47(34(30)15-22)36-19-25(24-17-26(38(40,41)42)21-27(18-24)39(43,44)45)20-37(46-36)48-33-10-6-4-8-29(33)31-14-12-23(2)16-35(31)48/h3-21H,1-2H3. The smallest absolute Gasteiger partial charge is 0.294 e. The Balaban J connectivity index is 1.52. The van der Waals surface area contributed by atoms with E-state index in [1.807, 2.05) is 108 Å². The van der Waals surface area contributed by atoms with Crippen LogP contribution in [-0.4, -0.2) is 14.1 Å². The van der Waals surface area contributed by atoms with E-state index >= 15 is 0 Å². The van der Waals surface area contributed by atoms with Gasteiger partial charge in [-0.25, -0.2) is 4.98 Å². The van der Waals surface area contributed by atoms with Crippen molar-refractivity contribution >= 4 is 43.6 Å². The summed E-state index contributed by atoms with van der Waals surface area (Å²) in [5.74, 6) is 0.702. The molecule has 9 heteroatoms. The van der Waals surface area contributed by atoms with Gasteiger partial charge in [0.15, 0.2) is 0 Å². The molecule has 0 aliphatic rings. The zero-order valence-electron chi connectivity index (χ0n) is 25.6. The molecule has 5 aromatic carbocycles. The molecule has 0 unspecified atom stereocenters. The maximum Gasteiger partial charge on any atom is 0.416 e. The first kappa shape index (κ1) is 29.8. The summed E-state index contributed by atoms with van der Waals surface area (Å²) in [6.45, 7) is 3.91. The van der Waals surface area contributed by atoms with E-state index in [4.69, 9.17) is 4.98 Å². The Morgan fingerprint density at radius 1 is 0.438 bits per heavy atom. The minimum absolute atomic E-state index is 0.151. The lowest BCUT2D eigenvalue weighted by atomic mass is 9.99. The van der Waals surface area contributed by atoms with E-state index in [-0.39, 0.29) is 17.2 Å². The number of hydrogen-bond donors (Lipinski definition) is 0. The highest BCUT2D eigenvalue weighted by atomic mass is 19.4. The summed E-state index contributed by atoms with van der Waals surface area (Å²) in [6.07, 6.45) is -9.99. The van der Waals surface area contributed by atoms with E-state index in [1.165, 1.54) is 0 Å². The third kappa shape index (κ3) is 4.80. The van der Waals surface area contributed by atoms with Crippen molar-refractivity contribution in [3.63, 3.8) is 0 Å². The average Bonchev–Trinajstić information content (AvgIpc) is 3.55. The van der Waals surface area contributed by atoms with Crippen molar-refractivity contribution in [3.8, 4) is 22.8 Å². The predicted molar refractivity (Wildman–Crippen MR) is 178 cm³/mol. The van der Waals surface area contributed by atoms with E-state index < -0.39 is 23.5 Å². The first-order valence-corrected chi connectivity index (χ1v) is 15.2. The summed E-state index contributed by atoms with van der Waals surface area (Å²) in [6, 6.07) is 32.2. The van der Waals surface area contributed by atoms with Gasteiger partial charge in [0.1, 0.15) is 11.6 Å². The molecular formula is C39H25F6N3. The van der Waals surface area contributed by atoms with Gasteiger partial charge in [0.05, 0.1) is 33.2 Å². The predicted octanol–water partition coefficient (Wildman–Crippen LogP) is 11.6. The number of benzene rings is 5. The Bertz CT molecular complexity index is 2400. The van der Waals surface area contributed by atoms with Gasteiger partial charge in [-0.3, -0.25) is 9.13 Å². The van der Waals surface area contributed by atoms with Gasteiger partial charge < -0.3 is 0 Å². The van der Waals surface area contributed by atoms with E-state index in [0.29, 0.717) is 11.6 Å². The fourth-order valence-electron chi connectivity index (χ4n) is 6.67. The van der Waals surface area contributed by atoms with E-state index in [1.54, 1.807) is 12.1 Å². The molecule has 3 aromatic heterocycles. The van der Waals surface area contributed by atoms with Crippen LogP contribution >= 0.6 is 0 Å². The normalized spacial score (nSPS) is 12.6. The Labute approximate surface area is 270 Å². The molecule has 238 valence electrons. The number of halogens is 6. The molecule has 0 N–H and O–H groups in total. The summed E-state index contributed by atoms with van der Waals surface area (Å²) < 4.78 is 88.1. The van der Waals surface area contributed by atoms with Crippen LogP contribution < -0.4 is 0 Å².